The van der Waals surface area contributed by atoms with Crippen LogP contribution in [0.25, 0.3) is 0 Å². The van der Waals surface area contributed by atoms with Gasteiger partial charge in [-0.2, -0.15) is 111 Å². The summed E-state index contributed by atoms with van der Waals surface area (Å²) >= 11 is 0.685. The molecule has 2 aliphatic heterocycles. The summed E-state index contributed by atoms with van der Waals surface area (Å²) in [6, 6.07) is 0. The molecule has 4 aromatic rings. The Balaban J connectivity index is 0. The third-order valence-electron chi connectivity index (χ3n) is 13.6. The fourth-order valence-electron chi connectivity index (χ4n) is 6.61. The molecule has 0 aliphatic carbocycles. The zero-order valence-electron chi connectivity index (χ0n) is 40.1. The van der Waals surface area contributed by atoms with Gasteiger partial charge >= 0.3 is 101 Å². The third-order valence-corrected chi connectivity index (χ3v) is 18.4. The topological polar surface area (TPSA) is 0 Å². The number of hydrogen-bond acceptors (Lipinski definition) is 0. The first-order valence-corrected chi connectivity index (χ1v) is 24.3. The van der Waals surface area contributed by atoms with E-state index in [0.717, 1.165) is 0 Å². The normalized spacial score (nSPS) is 12.3. The molecule has 0 bridgehead atoms. The maximum absolute atomic E-state index is 2.37. The van der Waals surface area contributed by atoms with Gasteiger partial charge in [0.15, 0.2) is 0 Å². The smallest absolute Gasteiger partial charge is 0 e. The van der Waals surface area contributed by atoms with E-state index in [2.05, 4.69) is 186 Å². The Labute approximate surface area is 425 Å². The largest absolute Gasteiger partial charge is 0.196 e. The molecule has 56 heavy (non-hydrogen) atoms. The fourth-order valence-corrected chi connectivity index (χ4v) is 10.7. The van der Waals surface area contributed by atoms with Crippen molar-refractivity contribution < 1.29 is 80.8 Å². The van der Waals surface area contributed by atoms with E-state index in [9.17, 15) is 0 Å². The molecule has 0 nitrogen and oxygen atoms in total. The molecule has 0 saturated carbocycles. The van der Waals surface area contributed by atoms with Crippen LogP contribution < -0.4 is 0 Å². The van der Waals surface area contributed by atoms with Crippen molar-refractivity contribution in [3.8, 4) is 0 Å². The predicted molar refractivity (Wildman–Crippen MR) is 251 cm³/mol. The molecular formula is C52H77As2Sm2-4. The van der Waals surface area contributed by atoms with Crippen LogP contribution in [0.2, 0.25) is 0 Å². The van der Waals surface area contributed by atoms with E-state index in [4.69, 9.17) is 0 Å². The molecule has 2 heterocycles. The summed E-state index contributed by atoms with van der Waals surface area (Å²) in [6.45, 7) is 52.7. The Kier molecular flexibility index (Phi) is 27.5. The predicted octanol–water partition coefficient (Wildman–Crippen LogP) is 14.5. The van der Waals surface area contributed by atoms with Gasteiger partial charge in [0.1, 0.15) is 0 Å². The van der Waals surface area contributed by atoms with Crippen molar-refractivity contribution in [1.29, 1.82) is 0 Å². The molecule has 4 heteroatoms. The second kappa shape index (κ2) is 26.5. The van der Waals surface area contributed by atoms with Crippen molar-refractivity contribution in [3.63, 3.8) is 0 Å². The van der Waals surface area contributed by atoms with Crippen molar-refractivity contribution in [2.75, 3.05) is 0 Å². The Bertz CT molecular complexity index is 1420. The quantitative estimate of drug-likeness (QED) is 0.122. The summed E-state index contributed by atoms with van der Waals surface area (Å²) in [5.41, 5.74) is 35.3. The van der Waals surface area contributed by atoms with E-state index in [1.165, 1.54) is 134 Å². The number of rotatable bonds is 0. The van der Waals surface area contributed by atoms with Crippen LogP contribution in [0.4, 0.5) is 0 Å². The SMILES string of the molecule is CC1=C[AsH]C=C1C.CC1=C[As]C=C1C.Cc1c(C)c(C)[c-](C)c1C.Cc1c(C)c(C)[c-](C)c1C.Cc1c(C)c(C)[c-](C)c1C.Cc1c(C)c(C)[c-](C)c1C.[Sm].[Sm]. The summed E-state index contributed by atoms with van der Waals surface area (Å²) in [5, 5.41) is 0. The first-order valence-electron chi connectivity index (χ1n) is 19.7. The maximum Gasteiger partial charge on any atom is 0 e. The molecule has 0 amide bonds. The first kappa shape index (κ1) is 58.2. The Morgan fingerprint density at radius 1 is 0.304 bits per heavy atom. The van der Waals surface area contributed by atoms with Crippen molar-refractivity contribution in [1.82, 2.24) is 0 Å². The molecule has 0 spiro atoms. The van der Waals surface area contributed by atoms with Crippen LogP contribution in [0.1, 0.15) is 139 Å². The van der Waals surface area contributed by atoms with Crippen LogP contribution in [-0.4, -0.2) is 31.5 Å². The van der Waals surface area contributed by atoms with Gasteiger partial charge in [-0.3, -0.25) is 0 Å². The van der Waals surface area contributed by atoms with Crippen molar-refractivity contribution in [3.05, 3.63) is 153 Å². The fraction of sp³-hybridized carbons (Fsp3) is 0.462. The Morgan fingerprint density at radius 2 is 0.464 bits per heavy atom. The molecular weight excluding hydrogens is 1080 g/mol. The zero-order valence-corrected chi connectivity index (χ0v) is 49.3. The summed E-state index contributed by atoms with van der Waals surface area (Å²) in [4.78, 5) is 9.42. The second-order valence-corrected chi connectivity index (χ2v) is 19.7. The summed E-state index contributed by atoms with van der Waals surface area (Å²) in [7, 11) is 0. The maximum atomic E-state index is 2.37. The van der Waals surface area contributed by atoms with E-state index in [1.807, 2.05) is 0 Å². The van der Waals surface area contributed by atoms with E-state index < -0.39 is 0 Å². The monoisotopic (exact) mass is 1160 g/mol. The molecule has 0 aromatic heterocycles. The van der Waals surface area contributed by atoms with Crippen molar-refractivity contribution in [2.45, 2.75) is 166 Å². The molecule has 0 atom stereocenters. The molecule has 6 rings (SSSR count). The molecule has 0 saturated heterocycles. The van der Waals surface area contributed by atoms with Crippen LogP contribution in [0.5, 0.6) is 0 Å². The average molecular weight is 1150 g/mol. The van der Waals surface area contributed by atoms with Gasteiger partial charge in [0, 0.05) is 80.8 Å². The van der Waals surface area contributed by atoms with Gasteiger partial charge < -0.3 is 0 Å². The minimum Gasteiger partial charge on any atom is -0.196 e. The molecule has 2 aliphatic rings. The summed E-state index contributed by atoms with van der Waals surface area (Å²) < 4.78 is 0. The Morgan fingerprint density at radius 3 is 0.518 bits per heavy atom. The van der Waals surface area contributed by atoms with Gasteiger partial charge in [0.25, 0.3) is 0 Å². The Hall–Kier alpha value is 0.152. The van der Waals surface area contributed by atoms with E-state index in [-0.39, 0.29) is 96.5 Å². The summed E-state index contributed by atoms with van der Waals surface area (Å²) in [6.07, 6.45) is 0. The molecule has 1 radical (unpaired) electrons. The molecule has 0 unspecified atom stereocenters. The average Bonchev–Trinajstić information content (AvgIpc) is 3.89. The van der Waals surface area contributed by atoms with Gasteiger partial charge in [-0.05, 0) is 0 Å². The standard InChI is InChI=1S/4C10H15.C6H9As.C6H8As.2Sm/c4*1-6-7(2)9(4)10(5)8(6)3;2*1-5-3-7-4-6(5)2;;/h4*1-5H3;3-4,7H,1-2H3;3-4H,1-2H3;;/q4*-1;;;;. The van der Waals surface area contributed by atoms with Gasteiger partial charge in [0.05, 0.1) is 0 Å². The molecule has 0 N–H and O–H groups in total. The van der Waals surface area contributed by atoms with E-state index >= 15 is 0 Å². The van der Waals surface area contributed by atoms with Gasteiger partial charge in [0.2, 0.25) is 0 Å². The van der Waals surface area contributed by atoms with Gasteiger partial charge in [-0.15, -0.1) is 0 Å². The van der Waals surface area contributed by atoms with Gasteiger partial charge in [-0.1, -0.05) is 138 Å². The number of allylic oxidation sites excluding steroid dienone is 4. The van der Waals surface area contributed by atoms with Gasteiger partial charge in [-0.25, -0.2) is 0 Å². The summed E-state index contributed by atoms with van der Waals surface area (Å²) in [5.74, 6) is 0. The third kappa shape index (κ3) is 15.3. The van der Waals surface area contributed by atoms with Crippen LogP contribution in [0.15, 0.2) is 41.7 Å². The van der Waals surface area contributed by atoms with Crippen LogP contribution in [0.3, 0.4) is 0 Å². The minimum absolute atomic E-state index is 0. The van der Waals surface area contributed by atoms with Crippen LogP contribution in [0, 0.1) is 219 Å². The van der Waals surface area contributed by atoms with Crippen molar-refractivity contribution >= 4 is 31.5 Å². The molecule has 4 aromatic carbocycles. The second-order valence-electron chi connectivity index (χ2n) is 16.1. The number of hydrogen-bond donors (Lipinski definition) is 0. The molecule has 311 valence electrons. The first-order chi connectivity index (χ1) is 24.8. The van der Waals surface area contributed by atoms with Crippen LogP contribution in [-0.2, 0) is 0 Å². The van der Waals surface area contributed by atoms with Crippen molar-refractivity contribution in [2.24, 2.45) is 0 Å². The van der Waals surface area contributed by atoms with E-state index in [0.29, 0.717) is 15.8 Å². The minimum atomic E-state index is 0. The molecule has 0 fully saturated rings. The van der Waals surface area contributed by atoms with Crippen LogP contribution >= 0.6 is 0 Å². The zero-order chi connectivity index (χ0) is 42.1. The van der Waals surface area contributed by atoms with E-state index in [1.54, 1.807) is 0 Å².